The topological polar surface area (TPSA) is 58.6 Å². The average molecular weight is 429 g/mol. The summed E-state index contributed by atoms with van der Waals surface area (Å²) in [6.07, 6.45) is -4.59. The van der Waals surface area contributed by atoms with E-state index in [1.54, 1.807) is 4.90 Å². The van der Waals surface area contributed by atoms with Gasteiger partial charge in [-0.25, -0.2) is 0 Å². The molecule has 2 aromatic carbocycles. The first-order valence-electron chi connectivity index (χ1n) is 8.85. The molecule has 0 aliphatic rings. The molecule has 2 amide bonds. The highest BCUT2D eigenvalue weighted by atomic mass is 35.5. The van der Waals surface area contributed by atoms with Crippen molar-refractivity contribution >= 4 is 29.1 Å². The highest BCUT2D eigenvalue weighted by molar-refractivity contribution is 6.34. The van der Waals surface area contributed by atoms with Gasteiger partial charge >= 0.3 is 6.18 Å². The molecule has 0 aliphatic carbocycles. The van der Waals surface area contributed by atoms with Crippen LogP contribution in [0.1, 0.15) is 29.8 Å². The summed E-state index contributed by atoms with van der Waals surface area (Å²) in [6.45, 7) is 4.13. The van der Waals surface area contributed by atoms with Gasteiger partial charge in [-0.2, -0.15) is 13.2 Å². The first-order chi connectivity index (χ1) is 13.7. The molecule has 1 N–H and O–H groups in total. The van der Waals surface area contributed by atoms with Crippen molar-refractivity contribution in [3.63, 3.8) is 0 Å². The van der Waals surface area contributed by atoms with Crippen molar-refractivity contribution in [3.8, 4) is 5.75 Å². The number of nitrogens with one attached hydrogen (secondary N) is 1. The predicted octanol–water partition coefficient (Wildman–Crippen LogP) is 4.86. The fourth-order valence-corrected chi connectivity index (χ4v) is 2.88. The van der Waals surface area contributed by atoms with E-state index in [1.807, 2.05) is 13.8 Å². The molecule has 9 heteroatoms. The third kappa shape index (κ3) is 5.87. The first kappa shape index (κ1) is 22.5. The van der Waals surface area contributed by atoms with Gasteiger partial charge in [0.15, 0.2) is 6.61 Å². The molecule has 0 aliphatic heterocycles. The average Bonchev–Trinajstić information content (AvgIpc) is 2.67. The van der Waals surface area contributed by atoms with Crippen LogP contribution in [-0.2, 0) is 11.0 Å². The van der Waals surface area contributed by atoms with E-state index < -0.39 is 30.0 Å². The molecular formula is C20H20ClF3N2O3. The predicted molar refractivity (Wildman–Crippen MR) is 104 cm³/mol. The summed E-state index contributed by atoms with van der Waals surface area (Å²) >= 11 is 6.15. The largest absolute Gasteiger partial charge is 0.483 e. The molecule has 2 aromatic rings. The zero-order valence-corrected chi connectivity index (χ0v) is 16.6. The van der Waals surface area contributed by atoms with Crippen LogP contribution >= 0.6 is 11.6 Å². The van der Waals surface area contributed by atoms with Crippen molar-refractivity contribution < 1.29 is 27.5 Å². The van der Waals surface area contributed by atoms with Gasteiger partial charge < -0.3 is 15.0 Å². The van der Waals surface area contributed by atoms with E-state index in [0.29, 0.717) is 24.3 Å². The number of hydrogen-bond acceptors (Lipinski definition) is 3. The summed E-state index contributed by atoms with van der Waals surface area (Å²) in [5.41, 5.74) is -0.373. The molecular weight excluding hydrogens is 409 g/mol. The van der Waals surface area contributed by atoms with E-state index in [4.69, 9.17) is 16.3 Å². The highest BCUT2D eigenvalue weighted by Crippen LogP contribution is 2.35. The lowest BCUT2D eigenvalue weighted by Crippen LogP contribution is -2.30. The molecule has 0 spiro atoms. The maximum absolute atomic E-state index is 12.9. The van der Waals surface area contributed by atoms with Crippen molar-refractivity contribution in [2.24, 2.45) is 0 Å². The van der Waals surface area contributed by atoms with Gasteiger partial charge in [0.2, 0.25) is 0 Å². The third-order valence-corrected chi connectivity index (χ3v) is 4.40. The zero-order chi connectivity index (χ0) is 21.6. The van der Waals surface area contributed by atoms with Gasteiger partial charge in [-0.1, -0.05) is 23.7 Å². The molecule has 0 unspecified atom stereocenters. The molecule has 0 atom stereocenters. The second kappa shape index (κ2) is 9.65. The Morgan fingerprint density at radius 1 is 1.10 bits per heavy atom. The number of ether oxygens (including phenoxy) is 1. The molecule has 29 heavy (non-hydrogen) atoms. The summed E-state index contributed by atoms with van der Waals surface area (Å²) in [4.78, 5) is 26.0. The fraction of sp³-hybridized carbons (Fsp3) is 0.300. The van der Waals surface area contributed by atoms with Crippen LogP contribution in [-0.4, -0.2) is 36.4 Å². The number of hydrogen-bond donors (Lipinski definition) is 1. The minimum atomic E-state index is -4.59. The van der Waals surface area contributed by atoms with Gasteiger partial charge in [-0.15, -0.1) is 0 Å². The van der Waals surface area contributed by atoms with E-state index in [9.17, 15) is 22.8 Å². The highest BCUT2D eigenvalue weighted by Gasteiger charge is 2.34. The summed E-state index contributed by atoms with van der Waals surface area (Å²) in [5, 5.41) is 2.64. The number of rotatable bonds is 7. The van der Waals surface area contributed by atoms with E-state index in [1.165, 1.54) is 30.3 Å². The summed E-state index contributed by atoms with van der Waals surface area (Å²) in [5.74, 6) is -1.33. The molecule has 0 saturated heterocycles. The van der Waals surface area contributed by atoms with Crippen LogP contribution in [0.5, 0.6) is 5.75 Å². The van der Waals surface area contributed by atoms with Crippen LogP contribution in [0, 0.1) is 0 Å². The SMILES string of the molecule is CCN(CC)C(=O)c1ccc(NC(=O)COc2ccccc2C(F)(F)F)cc1Cl. The summed E-state index contributed by atoms with van der Waals surface area (Å²) < 4.78 is 43.9. The standard InChI is InChI=1S/C20H20ClF3N2O3/c1-3-26(4-2)19(28)14-10-9-13(11-16(14)21)25-18(27)12-29-17-8-6-5-7-15(17)20(22,23)24/h5-11H,3-4,12H2,1-2H3,(H,25,27). The summed E-state index contributed by atoms with van der Waals surface area (Å²) in [6, 6.07) is 9.01. The fourth-order valence-electron chi connectivity index (χ4n) is 2.61. The van der Waals surface area contributed by atoms with Crippen molar-refractivity contribution in [1.82, 2.24) is 4.90 Å². The van der Waals surface area contributed by atoms with Crippen LogP contribution in [0.3, 0.4) is 0 Å². The van der Waals surface area contributed by atoms with E-state index >= 15 is 0 Å². The Hall–Kier alpha value is -2.74. The van der Waals surface area contributed by atoms with Crippen LogP contribution in [0.15, 0.2) is 42.5 Å². The number of nitrogens with zero attached hydrogens (tertiary/aromatic N) is 1. The molecule has 0 aromatic heterocycles. The number of carbonyl (C=O) groups is 2. The normalized spacial score (nSPS) is 11.1. The molecule has 0 saturated carbocycles. The lowest BCUT2D eigenvalue weighted by molar-refractivity contribution is -0.139. The van der Waals surface area contributed by atoms with Crippen LogP contribution in [0.4, 0.5) is 18.9 Å². The number of benzene rings is 2. The van der Waals surface area contributed by atoms with Crippen LogP contribution in [0.25, 0.3) is 0 Å². The Balaban J connectivity index is 2.04. The Labute approximate surface area is 171 Å². The van der Waals surface area contributed by atoms with Gasteiger partial charge in [0.25, 0.3) is 11.8 Å². The lowest BCUT2D eigenvalue weighted by Gasteiger charge is -2.19. The quantitative estimate of drug-likeness (QED) is 0.685. The minimum Gasteiger partial charge on any atom is -0.483 e. The van der Waals surface area contributed by atoms with Crippen molar-refractivity contribution in [2.45, 2.75) is 20.0 Å². The smallest absolute Gasteiger partial charge is 0.419 e. The number of para-hydroxylation sites is 1. The molecule has 0 fully saturated rings. The third-order valence-electron chi connectivity index (χ3n) is 4.09. The number of halogens is 4. The molecule has 5 nitrogen and oxygen atoms in total. The van der Waals surface area contributed by atoms with Crippen molar-refractivity contribution in [3.05, 3.63) is 58.6 Å². The molecule has 156 valence electrons. The second-order valence-corrected chi connectivity index (χ2v) is 6.41. The van der Waals surface area contributed by atoms with E-state index in [0.717, 1.165) is 12.1 Å². The van der Waals surface area contributed by atoms with Gasteiger partial charge in [-0.05, 0) is 44.2 Å². The number of anilines is 1. The molecule has 0 radical (unpaired) electrons. The van der Waals surface area contributed by atoms with Gasteiger partial charge in [0.1, 0.15) is 5.75 Å². The Morgan fingerprint density at radius 2 is 1.76 bits per heavy atom. The Kier molecular flexibility index (Phi) is 7.50. The van der Waals surface area contributed by atoms with Crippen LogP contribution < -0.4 is 10.1 Å². The molecule has 0 bridgehead atoms. The van der Waals surface area contributed by atoms with Crippen LogP contribution in [0.2, 0.25) is 5.02 Å². The van der Waals surface area contributed by atoms with Crippen molar-refractivity contribution in [2.75, 3.05) is 25.0 Å². The maximum atomic E-state index is 12.9. The first-order valence-corrected chi connectivity index (χ1v) is 9.22. The molecule has 0 heterocycles. The van der Waals surface area contributed by atoms with E-state index in [-0.39, 0.29) is 10.9 Å². The number of amides is 2. The maximum Gasteiger partial charge on any atom is 0.419 e. The monoisotopic (exact) mass is 428 g/mol. The van der Waals surface area contributed by atoms with Gasteiger partial charge in [0.05, 0.1) is 16.1 Å². The second-order valence-electron chi connectivity index (χ2n) is 6.00. The minimum absolute atomic E-state index is 0.156. The van der Waals surface area contributed by atoms with Gasteiger partial charge in [-0.3, -0.25) is 9.59 Å². The Morgan fingerprint density at radius 3 is 2.34 bits per heavy atom. The van der Waals surface area contributed by atoms with Crippen molar-refractivity contribution in [1.29, 1.82) is 0 Å². The number of carbonyl (C=O) groups excluding carboxylic acids is 2. The molecule has 2 rings (SSSR count). The number of alkyl halides is 3. The lowest BCUT2D eigenvalue weighted by atomic mass is 10.1. The van der Waals surface area contributed by atoms with Gasteiger partial charge in [0, 0.05) is 18.8 Å². The van der Waals surface area contributed by atoms with E-state index in [2.05, 4.69) is 5.32 Å². The summed E-state index contributed by atoms with van der Waals surface area (Å²) in [7, 11) is 0. The Bertz CT molecular complexity index is 884. The zero-order valence-electron chi connectivity index (χ0n) is 15.8.